The van der Waals surface area contributed by atoms with Crippen LogP contribution in [0.15, 0.2) is 12.7 Å². The molecule has 1 saturated carbocycles. The van der Waals surface area contributed by atoms with Crippen LogP contribution in [-0.4, -0.2) is 53.7 Å². The first kappa shape index (κ1) is 12.3. The van der Waals surface area contributed by atoms with E-state index in [1.165, 1.54) is 12.7 Å². The molecule has 4 atom stereocenters. The number of rotatable bonds is 2. The Labute approximate surface area is 108 Å². The maximum absolute atomic E-state index is 10.1. The molecule has 1 aliphatic rings. The van der Waals surface area contributed by atoms with Gasteiger partial charge in [0.25, 0.3) is 0 Å². The quantitative estimate of drug-likeness (QED) is 0.530. The number of nitrogen functional groups attached to an aromatic ring is 1. The van der Waals surface area contributed by atoms with Crippen molar-refractivity contribution in [3.63, 3.8) is 0 Å². The Morgan fingerprint density at radius 2 is 2.05 bits per heavy atom. The third kappa shape index (κ3) is 1.76. The van der Waals surface area contributed by atoms with Crippen molar-refractivity contribution in [2.75, 3.05) is 12.3 Å². The molecule has 0 aromatic carbocycles. The summed E-state index contributed by atoms with van der Waals surface area (Å²) in [5, 5.41) is 29.1. The number of aromatic nitrogens is 4. The van der Waals surface area contributed by atoms with Crippen LogP contribution < -0.4 is 5.73 Å². The lowest BCUT2D eigenvalue weighted by Crippen LogP contribution is -2.30. The maximum atomic E-state index is 10.1. The summed E-state index contributed by atoms with van der Waals surface area (Å²) in [4.78, 5) is 12.1. The van der Waals surface area contributed by atoms with E-state index in [9.17, 15) is 15.3 Å². The molecular weight excluding hydrogens is 250 g/mol. The molecule has 0 amide bonds. The average molecular weight is 265 g/mol. The number of fused-ring (bicyclic) bond motifs is 1. The van der Waals surface area contributed by atoms with Gasteiger partial charge < -0.3 is 25.6 Å². The van der Waals surface area contributed by atoms with Gasteiger partial charge in [0.05, 0.1) is 18.5 Å². The zero-order valence-electron chi connectivity index (χ0n) is 10.1. The minimum atomic E-state index is -0.967. The summed E-state index contributed by atoms with van der Waals surface area (Å²) in [5.74, 6) is -0.0767. The minimum Gasteiger partial charge on any atom is -0.396 e. The molecule has 0 bridgehead atoms. The maximum Gasteiger partial charge on any atom is 0.165 e. The van der Waals surface area contributed by atoms with Gasteiger partial charge in [-0.15, -0.1) is 0 Å². The number of aliphatic hydroxyl groups excluding tert-OH is 3. The molecule has 1 fully saturated rings. The second-order valence-electron chi connectivity index (χ2n) is 4.81. The molecule has 2 aromatic heterocycles. The molecule has 0 radical (unpaired) electrons. The van der Waals surface area contributed by atoms with E-state index >= 15 is 0 Å². The molecule has 0 spiro atoms. The van der Waals surface area contributed by atoms with Gasteiger partial charge in [-0.2, -0.15) is 0 Å². The molecule has 3 rings (SSSR count). The van der Waals surface area contributed by atoms with E-state index in [4.69, 9.17) is 5.73 Å². The highest BCUT2D eigenvalue weighted by Crippen LogP contribution is 2.36. The lowest BCUT2D eigenvalue weighted by atomic mass is 10.1. The molecule has 2 aromatic rings. The molecule has 1 aliphatic carbocycles. The third-order valence-corrected chi connectivity index (χ3v) is 3.75. The van der Waals surface area contributed by atoms with Crippen LogP contribution in [0.3, 0.4) is 0 Å². The number of hydrogen-bond donors (Lipinski definition) is 4. The summed E-state index contributed by atoms with van der Waals surface area (Å²) in [6.45, 7) is -0.168. The molecule has 8 heteroatoms. The van der Waals surface area contributed by atoms with Crippen molar-refractivity contribution in [3.05, 3.63) is 12.7 Å². The Kier molecular flexibility index (Phi) is 2.85. The van der Waals surface area contributed by atoms with Gasteiger partial charge in [0, 0.05) is 12.5 Å². The van der Waals surface area contributed by atoms with Gasteiger partial charge in [-0.25, -0.2) is 15.0 Å². The molecule has 102 valence electrons. The Bertz CT molecular complexity index is 601. The summed E-state index contributed by atoms with van der Waals surface area (Å²) in [6.07, 6.45) is 1.39. The molecule has 0 aliphatic heterocycles. The topological polar surface area (TPSA) is 130 Å². The monoisotopic (exact) mass is 265 g/mol. The van der Waals surface area contributed by atoms with Crippen molar-refractivity contribution in [1.29, 1.82) is 0 Å². The molecule has 2 heterocycles. The SMILES string of the molecule is Nc1ncnc2c1ncn2[C@@H]1C[C@H](CO)C(O)[C@H]1O. The second-order valence-corrected chi connectivity index (χ2v) is 4.81. The van der Waals surface area contributed by atoms with Gasteiger partial charge in [-0.3, -0.25) is 0 Å². The fourth-order valence-corrected chi connectivity index (χ4v) is 2.67. The second kappa shape index (κ2) is 4.41. The van der Waals surface area contributed by atoms with Crippen LogP contribution in [0, 0.1) is 5.92 Å². The van der Waals surface area contributed by atoms with Crippen LogP contribution in [0.25, 0.3) is 11.2 Å². The highest BCUT2D eigenvalue weighted by atomic mass is 16.3. The molecule has 1 unspecified atom stereocenters. The summed E-state index contributed by atoms with van der Waals surface area (Å²) in [5.41, 5.74) is 6.69. The Hall–Kier alpha value is -1.77. The van der Waals surface area contributed by atoms with E-state index in [0.29, 0.717) is 17.6 Å². The molecular formula is C11H15N5O3. The van der Waals surface area contributed by atoms with Crippen LogP contribution in [0.5, 0.6) is 0 Å². The smallest absolute Gasteiger partial charge is 0.165 e. The van der Waals surface area contributed by atoms with Gasteiger partial charge in [-0.1, -0.05) is 0 Å². The number of anilines is 1. The van der Waals surface area contributed by atoms with Crippen molar-refractivity contribution in [2.24, 2.45) is 5.92 Å². The highest BCUT2D eigenvalue weighted by molar-refractivity contribution is 5.81. The first-order valence-electron chi connectivity index (χ1n) is 6.03. The first-order chi connectivity index (χ1) is 9.13. The van der Waals surface area contributed by atoms with Gasteiger partial charge in [0.15, 0.2) is 11.5 Å². The van der Waals surface area contributed by atoms with Crippen LogP contribution >= 0.6 is 0 Å². The standard InChI is InChI=1S/C11H15N5O3/c12-10-7-11(14-3-13-10)16(4-15-7)6-1-5(2-17)8(18)9(6)19/h3-6,8-9,17-19H,1-2H2,(H2,12,13,14)/t5-,6-,8?,9+/m1/s1. The normalized spacial score (nSPS) is 31.1. The predicted octanol–water partition coefficient (Wildman–Crippen LogP) is -1.32. The number of nitrogens with zero attached hydrogens (tertiary/aromatic N) is 4. The number of hydrogen-bond acceptors (Lipinski definition) is 7. The number of imidazole rings is 1. The van der Waals surface area contributed by atoms with Gasteiger partial charge in [-0.05, 0) is 6.42 Å². The van der Waals surface area contributed by atoms with E-state index in [-0.39, 0.29) is 24.4 Å². The fourth-order valence-electron chi connectivity index (χ4n) is 2.67. The number of aliphatic hydroxyl groups is 3. The van der Waals surface area contributed by atoms with Crippen LogP contribution in [0.4, 0.5) is 5.82 Å². The summed E-state index contributed by atoms with van der Waals surface area (Å²) in [6, 6.07) is -0.383. The van der Waals surface area contributed by atoms with E-state index in [1.54, 1.807) is 4.57 Å². The Morgan fingerprint density at radius 3 is 2.74 bits per heavy atom. The summed E-state index contributed by atoms with van der Waals surface area (Å²) in [7, 11) is 0. The van der Waals surface area contributed by atoms with E-state index in [0.717, 1.165) is 0 Å². The summed E-state index contributed by atoms with van der Waals surface area (Å²) >= 11 is 0. The van der Waals surface area contributed by atoms with Crippen molar-refractivity contribution in [2.45, 2.75) is 24.7 Å². The highest BCUT2D eigenvalue weighted by Gasteiger charge is 2.42. The van der Waals surface area contributed by atoms with E-state index < -0.39 is 12.2 Å². The third-order valence-electron chi connectivity index (χ3n) is 3.75. The first-order valence-corrected chi connectivity index (χ1v) is 6.03. The summed E-state index contributed by atoms with van der Waals surface area (Å²) < 4.78 is 1.68. The lowest BCUT2D eigenvalue weighted by molar-refractivity contribution is -0.00370. The van der Waals surface area contributed by atoms with E-state index in [1.807, 2.05) is 0 Å². The molecule has 5 N–H and O–H groups in total. The van der Waals surface area contributed by atoms with Crippen LogP contribution in [0.2, 0.25) is 0 Å². The largest absolute Gasteiger partial charge is 0.396 e. The lowest BCUT2D eigenvalue weighted by Gasteiger charge is -2.18. The average Bonchev–Trinajstić information content (AvgIpc) is 2.94. The van der Waals surface area contributed by atoms with Crippen molar-refractivity contribution in [3.8, 4) is 0 Å². The zero-order chi connectivity index (χ0) is 13.6. The van der Waals surface area contributed by atoms with Gasteiger partial charge in [0.1, 0.15) is 17.9 Å². The number of nitrogens with two attached hydrogens (primary N) is 1. The minimum absolute atomic E-state index is 0.168. The van der Waals surface area contributed by atoms with Crippen LogP contribution in [0.1, 0.15) is 12.5 Å². The van der Waals surface area contributed by atoms with Crippen LogP contribution in [-0.2, 0) is 0 Å². The van der Waals surface area contributed by atoms with Crippen molar-refractivity contribution >= 4 is 17.0 Å². The molecule has 19 heavy (non-hydrogen) atoms. The Morgan fingerprint density at radius 1 is 1.26 bits per heavy atom. The predicted molar refractivity (Wildman–Crippen MR) is 66.0 cm³/mol. The zero-order valence-corrected chi connectivity index (χ0v) is 10.1. The molecule has 0 saturated heterocycles. The van der Waals surface area contributed by atoms with Crippen molar-refractivity contribution in [1.82, 2.24) is 19.5 Å². The Balaban J connectivity index is 2.04. The van der Waals surface area contributed by atoms with Gasteiger partial charge >= 0.3 is 0 Å². The van der Waals surface area contributed by atoms with Gasteiger partial charge in [0.2, 0.25) is 0 Å². The molecule has 8 nitrogen and oxygen atoms in total. The van der Waals surface area contributed by atoms with Crippen molar-refractivity contribution < 1.29 is 15.3 Å². The van der Waals surface area contributed by atoms with E-state index in [2.05, 4.69) is 15.0 Å². The fraction of sp³-hybridized carbons (Fsp3) is 0.545.